The minimum Gasteiger partial charge on any atom is -0.334 e. The van der Waals surface area contributed by atoms with Gasteiger partial charge in [0.25, 0.3) is 5.89 Å². The van der Waals surface area contributed by atoms with Crippen molar-refractivity contribution >= 4 is 11.0 Å². The molecule has 1 N–H and O–H groups in total. The SMILES string of the molecule is c1nc2[nH]ncc2cc1-c1nc(C2CC2)no1. The van der Waals surface area contributed by atoms with E-state index in [1.54, 1.807) is 12.4 Å². The monoisotopic (exact) mass is 227 g/mol. The van der Waals surface area contributed by atoms with Gasteiger partial charge in [0.05, 0.1) is 11.8 Å². The van der Waals surface area contributed by atoms with Crippen molar-refractivity contribution < 1.29 is 4.52 Å². The van der Waals surface area contributed by atoms with Crippen LogP contribution in [0.5, 0.6) is 0 Å². The molecular weight excluding hydrogens is 218 g/mol. The predicted octanol–water partition coefficient (Wildman–Crippen LogP) is 1.89. The second kappa shape index (κ2) is 3.13. The van der Waals surface area contributed by atoms with Crippen LogP contribution in [0.1, 0.15) is 24.6 Å². The smallest absolute Gasteiger partial charge is 0.259 e. The van der Waals surface area contributed by atoms with Gasteiger partial charge < -0.3 is 4.52 Å². The maximum absolute atomic E-state index is 5.25. The molecule has 0 unspecified atom stereocenters. The topological polar surface area (TPSA) is 80.5 Å². The largest absolute Gasteiger partial charge is 0.334 e. The maximum atomic E-state index is 5.25. The molecule has 0 bridgehead atoms. The summed E-state index contributed by atoms with van der Waals surface area (Å²) >= 11 is 0. The summed E-state index contributed by atoms with van der Waals surface area (Å²) in [7, 11) is 0. The third-order valence-electron chi connectivity index (χ3n) is 2.92. The third-order valence-corrected chi connectivity index (χ3v) is 2.92. The second-order valence-electron chi connectivity index (χ2n) is 4.26. The van der Waals surface area contributed by atoms with E-state index in [2.05, 4.69) is 25.3 Å². The number of aromatic nitrogens is 5. The number of aromatic amines is 1. The molecule has 0 aromatic carbocycles. The highest BCUT2D eigenvalue weighted by Crippen LogP contribution is 2.38. The molecule has 0 radical (unpaired) electrons. The van der Waals surface area contributed by atoms with Crippen molar-refractivity contribution in [2.75, 3.05) is 0 Å². The number of fused-ring (bicyclic) bond motifs is 1. The summed E-state index contributed by atoms with van der Waals surface area (Å²) in [5.74, 6) is 1.84. The highest BCUT2D eigenvalue weighted by Gasteiger charge is 2.29. The van der Waals surface area contributed by atoms with Gasteiger partial charge >= 0.3 is 0 Å². The lowest BCUT2D eigenvalue weighted by molar-refractivity contribution is 0.422. The van der Waals surface area contributed by atoms with Gasteiger partial charge in [-0.05, 0) is 18.9 Å². The molecule has 4 rings (SSSR count). The first-order chi connectivity index (χ1) is 8.40. The molecule has 1 aliphatic rings. The molecule has 1 fully saturated rings. The van der Waals surface area contributed by atoms with E-state index in [0.29, 0.717) is 11.8 Å². The molecule has 3 aromatic heterocycles. The third kappa shape index (κ3) is 1.41. The summed E-state index contributed by atoms with van der Waals surface area (Å²) in [6.45, 7) is 0. The van der Waals surface area contributed by atoms with Crippen molar-refractivity contribution in [3.05, 3.63) is 24.3 Å². The van der Waals surface area contributed by atoms with Crippen molar-refractivity contribution in [1.29, 1.82) is 0 Å². The summed E-state index contributed by atoms with van der Waals surface area (Å²) in [6, 6.07) is 1.94. The Morgan fingerprint density at radius 1 is 1.29 bits per heavy atom. The van der Waals surface area contributed by atoms with Crippen molar-refractivity contribution in [1.82, 2.24) is 25.3 Å². The van der Waals surface area contributed by atoms with Gasteiger partial charge in [-0.1, -0.05) is 5.16 Å². The van der Waals surface area contributed by atoms with E-state index in [-0.39, 0.29) is 0 Å². The number of nitrogens with one attached hydrogen (secondary N) is 1. The molecule has 0 amide bonds. The van der Waals surface area contributed by atoms with Crippen molar-refractivity contribution in [2.24, 2.45) is 0 Å². The number of hydrogen-bond donors (Lipinski definition) is 1. The minimum atomic E-state index is 0.498. The van der Waals surface area contributed by atoms with Gasteiger partial charge in [-0.15, -0.1) is 0 Å². The van der Waals surface area contributed by atoms with Crippen LogP contribution in [0.2, 0.25) is 0 Å². The minimum absolute atomic E-state index is 0.498. The Hall–Kier alpha value is -2.24. The molecule has 0 saturated heterocycles. The van der Waals surface area contributed by atoms with Gasteiger partial charge in [-0.25, -0.2) is 4.98 Å². The van der Waals surface area contributed by atoms with Gasteiger partial charge in [-0.3, -0.25) is 5.10 Å². The van der Waals surface area contributed by atoms with Crippen LogP contribution in [0.15, 0.2) is 23.0 Å². The van der Waals surface area contributed by atoms with Crippen molar-refractivity contribution in [3.8, 4) is 11.5 Å². The van der Waals surface area contributed by atoms with Crippen molar-refractivity contribution in [3.63, 3.8) is 0 Å². The Labute approximate surface area is 96.1 Å². The summed E-state index contributed by atoms with van der Waals surface area (Å²) in [5, 5.41) is 11.7. The van der Waals surface area contributed by atoms with E-state index in [0.717, 1.165) is 35.3 Å². The van der Waals surface area contributed by atoms with Crippen molar-refractivity contribution in [2.45, 2.75) is 18.8 Å². The molecule has 0 atom stereocenters. The van der Waals surface area contributed by atoms with E-state index in [1.165, 1.54) is 0 Å². The van der Waals surface area contributed by atoms with E-state index >= 15 is 0 Å². The summed E-state index contributed by atoms with van der Waals surface area (Å²) in [4.78, 5) is 8.63. The van der Waals surface area contributed by atoms with Crippen LogP contribution in [0, 0.1) is 0 Å². The zero-order valence-corrected chi connectivity index (χ0v) is 8.92. The first-order valence-electron chi connectivity index (χ1n) is 5.53. The normalized spacial score (nSPS) is 15.5. The molecule has 6 nitrogen and oxygen atoms in total. The van der Waals surface area contributed by atoms with Gasteiger partial charge in [-0.2, -0.15) is 10.1 Å². The van der Waals surface area contributed by atoms with E-state index in [1.807, 2.05) is 6.07 Å². The zero-order valence-electron chi connectivity index (χ0n) is 8.92. The molecule has 1 saturated carbocycles. The Balaban J connectivity index is 1.80. The zero-order chi connectivity index (χ0) is 11.2. The molecule has 1 aliphatic carbocycles. The van der Waals surface area contributed by atoms with Crippen LogP contribution in [0.4, 0.5) is 0 Å². The maximum Gasteiger partial charge on any atom is 0.259 e. The van der Waals surface area contributed by atoms with Crippen LogP contribution >= 0.6 is 0 Å². The van der Waals surface area contributed by atoms with E-state index in [9.17, 15) is 0 Å². The van der Waals surface area contributed by atoms with Gasteiger partial charge in [0.1, 0.15) is 0 Å². The number of hydrogen-bond acceptors (Lipinski definition) is 5. The first kappa shape index (κ1) is 8.86. The number of pyridine rings is 1. The Morgan fingerprint density at radius 3 is 3.12 bits per heavy atom. The molecule has 3 aromatic rings. The van der Waals surface area contributed by atoms with Crippen LogP contribution in [-0.2, 0) is 0 Å². The number of rotatable bonds is 2. The standard InChI is InChI=1S/C11H9N5O/c1-2-6(1)10-14-11(17-16-10)8-3-7-5-13-15-9(7)12-4-8/h3-6H,1-2H2,(H,12,13,15). The predicted molar refractivity (Wildman–Crippen MR) is 59.2 cm³/mol. The number of nitrogens with zero attached hydrogens (tertiary/aromatic N) is 4. The molecule has 6 heteroatoms. The van der Waals surface area contributed by atoms with E-state index in [4.69, 9.17) is 4.52 Å². The summed E-state index contributed by atoms with van der Waals surface area (Å²) in [6.07, 6.45) is 5.77. The second-order valence-corrected chi connectivity index (χ2v) is 4.26. The van der Waals surface area contributed by atoms with Crippen LogP contribution < -0.4 is 0 Å². The average molecular weight is 227 g/mol. The lowest BCUT2D eigenvalue weighted by Gasteiger charge is -1.92. The summed E-state index contributed by atoms with van der Waals surface area (Å²) in [5.41, 5.74) is 1.59. The highest BCUT2D eigenvalue weighted by molar-refractivity contribution is 5.78. The Bertz CT molecular complexity index is 682. The number of H-pyrrole nitrogens is 1. The van der Waals surface area contributed by atoms with Crippen LogP contribution in [-0.4, -0.2) is 25.3 Å². The van der Waals surface area contributed by atoms with Crippen LogP contribution in [0.3, 0.4) is 0 Å². The molecular formula is C11H9N5O. The molecule has 84 valence electrons. The van der Waals surface area contributed by atoms with Gasteiger partial charge in [0.2, 0.25) is 0 Å². The Morgan fingerprint density at radius 2 is 2.24 bits per heavy atom. The fourth-order valence-corrected chi connectivity index (χ4v) is 1.81. The lowest BCUT2D eigenvalue weighted by Crippen LogP contribution is -1.84. The highest BCUT2D eigenvalue weighted by atomic mass is 16.5. The molecule has 3 heterocycles. The fraction of sp³-hybridized carbons (Fsp3) is 0.273. The van der Waals surface area contributed by atoms with Gasteiger partial charge in [0, 0.05) is 17.5 Å². The van der Waals surface area contributed by atoms with E-state index < -0.39 is 0 Å². The van der Waals surface area contributed by atoms with Gasteiger partial charge in [0.15, 0.2) is 11.5 Å². The molecule has 17 heavy (non-hydrogen) atoms. The molecule has 0 aliphatic heterocycles. The lowest BCUT2D eigenvalue weighted by atomic mass is 10.2. The quantitative estimate of drug-likeness (QED) is 0.723. The molecule has 0 spiro atoms. The fourth-order valence-electron chi connectivity index (χ4n) is 1.81. The Kier molecular flexibility index (Phi) is 1.63. The average Bonchev–Trinajstić information content (AvgIpc) is 2.93. The summed E-state index contributed by atoms with van der Waals surface area (Å²) < 4.78 is 5.25. The van der Waals surface area contributed by atoms with Crippen LogP contribution in [0.25, 0.3) is 22.5 Å². The first-order valence-corrected chi connectivity index (χ1v) is 5.53.